The molecule has 2 N–H and O–H groups in total. The van der Waals surface area contributed by atoms with E-state index in [0.717, 1.165) is 22.9 Å². The maximum atomic E-state index is 12.4. The molecule has 9 heteroatoms. The molecule has 0 aliphatic rings. The van der Waals surface area contributed by atoms with Crippen LogP contribution in [-0.2, 0) is 29.5 Å². The normalized spacial score (nSPS) is 11.5. The van der Waals surface area contributed by atoms with Crippen LogP contribution in [0.2, 0.25) is 0 Å². The van der Waals surface area contributed by atoms with E-state index in [2.05, 4.69) is 6.07 Å². The van der Waals surface area contributed by atoms with E-state index in [9.17, 15) is 23.4 Å². The van der Waals surface area contributed by atoms with Crippen molar-refractivity contribution < 1.29 is 18.6 Å². The second kappa shape index (κ2) is 10.4. The number of nitrogens with zero attached hydrogens (tertiary/aromatic N) is 3. The number of nitriles is 1. The molecule has 172 valence electrons. The van der Waals surface area contributed by atoms with Crippen molar-refractivity contribution in [3.63, 3.8) is 0 Å². The first kappa shape index (κ1) is 24.2. The molecule has 0 saturated carbocycles. The lowest BCUT2D eigenvalue weighted by atomic mass is 10.0. The molecule has 8 nitrogen and oxygen atoms in total. The second-order valence-corrected chi connectivity index (χ2v) is 9.65. The number of sulfonamides is 1. The molecule has 3 aromatic rings. The molecular formula is C24H25N3O5S. The Labute approximate surface area is 192 Å². The topological polar surface area (TPSA) is 124 Å². The van der Waals surface area contributed by atoms with Crippen molar-refractivity contribution in [1.82, 2.24) is 8.87 Å². The number of rotatable bonds is 9. The fourth-order valence-electron chi connectivity index (χ4n) is 3.45. The van der Waals surface area contributed by atoms with E-state index in [1.165, 1.54) is 21.1 Å². The molecule has 0 unspecified atom stereocenters. The van der Waals surface area contributed by atoms with Gasteiger partial charge in [0, 0.05) is 24.8 Å². The summed E-state index contributed by atoms with van der Waals surface area (Å²) in [5.41, 5.74) is 3.28. The van der Waals surface area contributed by atoms with Gasteiger partial charge in [0.05, 0.1) is 37.2 Å². The monoisotopic (exact) mass is 467 g/mol. The fourth-order valence-corrected chi connectivity index (χ4v) is 4.24. The number of benzene rings is 2. The van der Waals surface area contributed by atoms with Crippen LogP contribution in [0.15, 0.2) is 65.6 Å². The summed E-state index contributed by atoms with van der Waals surface area (Å²) in [6.45, 7) is 0.0400. The largest absolute Gasteiger partial charge is 0.503 e. The van der Waals surface area contributed by atoms with E-state index < -0.39 is 21.2 Å². The summed E-state index contributed by atoms with van der Waals surface area (Å²) in [4.78, 5) is 11.9. The van der Waals surface area contributed by atoms with Crippen molar-refractivity contribution in [2.75, 3.05) is 19.4 Å². The van der Waals surface area contributed by atoms with Crippen LogP contribution in [0.1, 0.15) is 16.8 Å². The highest BCUT2D eigenvalue weighted by atomic mass is 32.2. The van der Waals surface area contributed by atoms with E-state index in [-0.39, 0.29) is 26.2 Å². The van der Waals surface area contributed by atoms with Crippen molar-refractivity contribution in [2.45, 2.75) is 19.5 Å². The number of hydrogen-bond donors (Lipinski definition) is 2. The van der Waals surface area contributed by atoms with E-state index in [1.807, 2.05) is 36.4 Å². The first-order valence-electron chi connectivity index (χ1n) is 10.3. The third kappa shape index (κ3) is 6.29. The molecular weight excluding hydrogens is 442 g/mol. The lowest BCUT2D eigenvalue weighted by Crippen LogP contribution is -2.33. The quantitative estimate of drug-likeness (QED) is 0.497. The molecule has 0 radical (unpaired) electrons. The van der Waals surface area contributed by atoms with Crippen LogP contribution in [0.25, 0.3) is 11.1 Å². The Kier molecular flexibility index (Phi) is 7.66. The number of hydrogen-bond acceptors (Lipinski definition) is 6. The molecule has 0 fully saturated rings. The number of aliphatic hydroxyl groups is 1. The number of aromatic hydroxyl groups is 1. The van der Waals surface area contributed by atoms with Crippen molar-refractivity contribution in [3.05, 3.63) is 87.8 Å². The van der Waals surface area contributed by atoms with E-state index >= 15 is 0 Å². The molecule has 0 bridgehead atoms. The minimum Gasteiger partial charge on any atom is -0.503 e. The molecule has 0 aliphatic heterocycles. The van der Waals surface area contributed by atoms with Crippen LogP contribution >= 0.6 is 0 Å². The van der Waals surface area contributed by atoms with Gasteiger partial charge in [-0.3, -0.25) is 4.79 Å². The first-order chi connectivity index (χ1) is 15.7. The minimum atomic E-state index is -3.58. The molecule has 0 spiro atoms. The summed E-state index contributed by atoms with van der Waals surface area (Å²) in [7, 11) is -3.58. The predicted molar refractivity (Wildman–Crippen MR) is 125 cm³/mol. The summed E-state index contributed by atoms with van der Waals surface area (Å²) in [5, 5.41) is 27.8. The van der Waals surface area contributed by atoms with Crippen molar-refractivity contribution in [1.29, 1.82) is 5.26 Å². The number of aromatic nitrogens is 1. The van der Waals surface area contributed by atoms with Gasteiger partial charge < -0.3 is 14.8 Å². The van der Waals surface area contributed by atoms with Gasteiger partial charge in [-0.05, 0) is 35.2 Å². The van der Waals surface area contributed by atoms with Crippen LogP contribution < -0.4 is 5.43 Å². The maximum absolute atomic E-state index is 12.4. The Bertz CT molecular complexity index is 1310. The number of aliphatic hydroxyl groups excluding tert-OH is 1. The van der Waals surface area contributed by atoms with Crippen LogP contribution in [0.3, 0.4) is 0 Å². The van der Waals surface area contributed by atoms with Crippen LogP contribution in [0.5, 0.6) is 5.75 Å². The van der Waals surface area contributed by atoms with E-state index in [4.69, 9.17) is 5.26 Å². The Balaban J connectivity index is 1.75. The van der Waals surface area contributed by atoms with Gasteiger partial charge in [0.15, 0.2) is 5.75 Å². The lowest BCUT2D eigenvalue weighted by Gasteiger charge is -2.22. The third-order valence-electron chi connectivity index (χ3n) is 5.30. The highest BCUT2D eigenvalue weighted by Gasteiger charge is 2.19. The zero-order chi connectivity index (χ0) is 24.0. The number of pyridine rings is 1. The minimum absolute atomic E-state index is 0.0579. The summed E-state index contributed by atoms with van der Waals surface area (Å²) in [5.74, 6) is -0.458. The summed E-state index contributed by atoms with van der Waals surface area (Å²) < 4.78 is 27.5. The van der Waals surface area contributed by atoms with Crippen molar-refractivity contribution >= 4 is 10.0 Å². The molecule has 1 aromatic heterocycles. The third-order valence-corrected chi connectivity index (χ3v) is 6.55. The van der Waals surface area contributed by atoms with Gasteiger partial charge in [-0.1, -0.05) is 36.4 Å². The van der Waals surface area contributed by atoms with Gasteiger partial charge in [0.1, 0.15) is 0 Å². The highest BCUT2D eigenvalue weighted by Crippen LogP contribution is 2.21. The lowest BCUT2D eigenvalue weighted by molar-refractivity contribution is 0.270. The second-order valence-electron chi connectivity index (χ2n) is 7.66. The van der Waals surface area contributed by atoms with Crippen molar-refractivity contribution in [3.8, 4) is 22.9 Å². The van der Waals surface area contributed by atoms with Gasteiger partial charge in [-0.15, -0.1) is 0 Å². The first-order valence-corrected chi connectivity index (χ1v) is 12.1. The summed E-state index contributed by atoms with van der Waals surface area (Å²) >= 11 is 0. The summed E-state index contributed by atoms with van der Waals surface area (Å²) in [6, 6.07) is 18.3. The van der Waals surface area contributed by atoms with Gasteiger partial charge in [-0.25, -0.2) is 8.42 Å². The zero-order valence-corrected chi connectivity index (χ0v) is 19.0. The van der Waals surface area contributed by atoms with Gasteiger partial charge >= 0.3 is 0 Å². The smallest absolute Gasteiger partial charge is 0.223 e. The van der Waals surface area contributed by atoms with Crippen LogP contribution in [0, 0.1) is 11.3 Å². The van der Waals surface area contributed by atoms with Crippen molar-refractivity contribution in [2.24, 2.45) is 0 Å². The predicted octanol–water partition coefficient (Wildman–Crippen LogP) is 2.09. The van der Waals surface area contributed by atoms with Gasteiger partial charge in [0.2, 0.25) is 15.5 Å². The Morgan fingerprint density at radius 1 is 1.06 bits per heavy atom. The summed E-state index contributed by atoms with van der Waals surface area (Å²) in [6.07, 6.45) is 2.77. The average Bonchev–Trinajstić information content (AvgIpc) is 2.79. The standard InChI is InChI=1S/C24H25N3O5S/c1-33(31,32)27(16-22-14-23(29)24(30)17-26(22)12-13-28)11-10-18-2-6-20(7-3-18)21-8-4-19(15-25)5-9-21/h2-9,14,17,28,30H,10-13,16H2,1H3. The molecule has 33 heavy (non-hydrogen) atoms. The molecule has 0 amide bonds. The van der Waals surface area contributed by atoms with Crippen LogP contribution in [0.4, 0.5) is 0 Å². The Morgan fingerprint density at radius 2 is 1.67 bits per heavy atom. The highest BCUT2D eigenvalue weighted by molar-refractivity contribution is 7.88. The molecule has 0 saturated heterocycles. The molecule has 0 atom stereocenters. The zero-order valence-electron chi connectivity index (χ0n) is 18.2. The van der Waals surface area contributed by atoms with Gasteiger partial charge in [-0.2, -0.15) is 9.57 Å². The molecule has 3 rings (SSSR count). The molecule has 1 heterocycles. The van der Waals surface area contributed by atoms with Crippen LogP contribution in [-0.4, -0.2) is 46.9 Å². The van der Waals surface area contributed by atoms with E-state index in [1.54, 1.807) is 12.1 Å². The fraction of sp³-hybridized carbons (Fsp3) is 0.250. The Morgan fingerprint density at radius 3 is 2.21 bits per heavy atom. The molecule has 0 aliphatic carbocycles. The van der Waals surface area contributed by atoms with Gasteiger partial charge in [0.25, 0.3) is 0 Å². The SMILES string of the molecule is CS(=O)(=O)N(CCc1ccc(-c2ccc(C#N)cc2)cc1)Cc1cc(=O)c(O)cn1CCO. The average molecular weight is 468 g/mol. The Hall–Kier alpha value is -3.45. The van der Waals surface area contributed by atoms with E-state index in [0.29, 0.717) is 17.7 Å². The molecule has 2 aromatic carbocycles. The maximum Gasteiger partial charge on any atom is 0.223 e.